The SMILES string of the molecule is Cc1cc(C)n(C(CNS(=O)(=O)c2ccc(OC(F)(F)F)cc2)c2ccco2)n1. The highest BCUT2D eigenvalue weighted by Gasteiger charge is 2.31. The van der Waals surface area contributed by atoms with Crippen molar-refractivity contribution in [3.05, 3.63) is 65.9 Å². The third kappa shape index (κ3) is 5.18. The molecule has 0 radical (unpaired) electrons. The zero-order valence-corrected chi connectivity index (χ0v) is 16.3. The second-order valence-electron chi connectivity index (χ2n) is 6.27. The molecule has 0 amide bonds. The molecule has 3 rings (SSSR count). The molecule has 11 heteroatoms. The summed E-state index contributed by atoms with van der Waals surface area (Å²) in [6.45, 7) is 3.58. The van der Waals surface area contributed by atoms with Gasteiger partial charge in [-0.3, -0.25) is 4.68 Å². The second kappa shape index (κ2) is 7.91. The second-order valence-corrected chi connectivity index (χ2v) is 8.04. The molecule has 1 atom stereocenters. The number of nitrogens with zero attached hydrogens (tertiary/aromatic N) is 2. The van der Waals surface area contributed by atoms with Crippen LogP contribution in [0, 0.1) is 13.8 Å². The van der Waals surface area contributed by atoms with Gasteiger partial charge in [-0.15, -0.1) is 13.2 Å². The van der Waals surface area contributed by atoms with Crippen LogP contribution in [0.4, 0.5) is 13.2 Å². The Balaban J connectivity index is 1.79. The summed E-state index contributed by atoms with van der Waals surface area (Å²) in [4.78, 5) is -0.196. The first-order chi connectivity index (χ1) is 13.5. The van der Waals surface area contributed by atoms with Crippen molar-refractivity contribution >= 4 is 10.0 Å². The number of halogens is 3. The minimum atomic E-state index is -4.85. The topological polar surface area (TPSA) is 86.4 Å². The summed E-state index contributed by atoms with van der Waals surface area (Å²) in [7, 11) is -3.99. The predicted molar refractivity (Wildman–Crippen MR) is 96.9 cm³/mol. The number of furan rings is 1. The Labute approximate surface area is 165 Å². The molecule has 2 heterocycles. The number of hydrogen-bond acceptors (Lipinski definition) is 5. The summed E-state index contributed by atoms with van der Waals surface area (Å²) in [6, 6.07) is 8.65. The van der Waals surface area contributed by atoms with Gasteiger partial charge >= 0.3 is 6.36 Å². The molecule has 0 fully saturated rings. The minimum absolute atomic E-state index is 0.0708. The number of alkyl halides is 3. The first kappa shape index (κ1) is 20.9. The lowest BCUT2D eigenvalue weighted by atomic mass is 10.2. The van der Waals surface area contributed by atoms with E-state index in [0.29, 0.717) is 5.76 Å². The van der Waals surface area contributed by atoms with Crippen LogP contribution < -0.4 is 9.46 Å². The molecule has 0 saturated heterocycles. The molecule has 7 nitrogen and oxygen atoms in total. The number of benzene rings is 1. The van der Waals surface area contributed by atoms with Crippen LogP contribution in [-0.4, -0.2) is 31.1 Å². The predicted octanol–water partition coefficient (Wildman–Crippen LogP) is 3.56. The summed E-state index contributed by atoms with van der Waals surface area (Å²) in [5, 5.41) is 4.38. The smallest absolute Gasteiger partial charge is 0.467 e. The van der Waals surface area contributed by atoms with Crippen LogP contribution in [0.1, 0.15) is 23.2 Å². The number of sulfonamides is 1. The van der Waals surface area contributed by atoms with Crippen molar-refractivity contribution in [1.82, 2.24) is 14.5 Å². The van der Waals surface area contributed by atoms with Gasteiger partial charge in [0, 0.05) is 12.2 Å². The van der Waals surface area contributed by atoms with Crippen LogP contribution in [-0.2, 0) is 10.0 Å². The van der Waals surface area contributed by atoms with Crippen molar-refractivity contribution in [1.29, 1.82) is 0 Å². The number of hydrogen-bond donors (Lipinski definition) is 1. The lowest BCUT2D eigenvalue weighted by molar-refractivity contribution is -0.274. The van der Waals surface area contributed by atoms with E-state index in [1.54, 1.807) is 16.8 Å². The van der Waals surface area contributed by atoms with Crippen molar-refractivity contribution in [2.24, 2.45) is 0 Å². The van der Waals surface area contributed by atoms with E-state index in [2.05, 4.69) is 14.6 Å². The zero-order chi connectivity index (χ0) is 21.2. The molecule has 1 N–H and O–H groups in total. The molecule has 2 aromatic heterocycles. The molecule has 0 bridgehead atoms. The molecule has 0 spiro atoms. The average molecular weight is 429 g/mol. The number of ether oxygens (including phenoxy) is 1. The summed E-state index contributed by atoms with van der Waals surface area (Å²) >= 11 is 0. The van der Waals surface area contributed by atoms with Gasteiger partial charge < -0.3 is 9.15 Å². The van der Waals surface area contributed by atoms with Gasteiger partial charge in [0.2, 0.25) is 10.0 Å². The molecular weight excluding hydrogens is 411 g/mol. The average Bonchev–Trinajstić information content (AvgIpc) is 3.24. The summed E-state index contributed by atoms with van der Waals surface area (Å²) in [5.41, 5.74) is 1.58. The lowest BCUT2D eigenvalue weighted by Gasteiger charge is -2.18. The van der Waals surface area contributed by atoms with Crippen LogP contribution in [0.25, 0.3) is 0 Å². The zero-order valence-electron chi connectivity index (χ0n) is 15.5. The van der Waals surface area contributed by atoms with Crippen molar-refractivity contribution in [3.8, 4) is 5.75 Å². The third-order valence-electron chi connectivity index (χ3n) is 4.05. The Hall–Kier alpha value is -2.79. The Bertz CT molecular complexity index is 1060. The third-order valence-corrected chi connectivity index (χ3v) is 5.49. The number of aromatic nitrogens is 2. The quantitative estimate of drug-likeness (QED) is 0.621. The number of rotatable bonds is 7. The molecule has 0 aliphatic rings. The largest absolute Gasteiger partial charge is 0.573 e. The van der Waals surface area contributed by atoms with E-state index in [-0.39, 0.29) is 11.4 Å². The van der Waals surface area contributed by atoms with Gasteiger partial charge in [0.25, 0.3) is 0 Å². The molecule has 0 aliphatic heterocycles. The molecular formula is C18H18F3N3O4S. The van der Waals surface area contributed by atoms with Crippen LogP contribution in [0.3, 0.4) is 0 Å². The monoisotopic (exact) mass is 429 g/mol. The normalized spacial score (nSPS) is 13.4. The summed E-state index contributed by atoms with van der Waals surface area (Å²) in [5.74, 6) is 0.000350. The van der Waals surface area contributed by atoms with Crippen LogP contribution >= 0.6 is 0 Å². The highest BCUT2D eigenvalue weighted by molar-refractivity contribution is 7.89. The molecule has 1 aromatic carbocycles. The molecule has 29 heavy (non-hydrogen) atoms. The maximum atomic E-state index is 12.6. The highest BCUT2D eigenvalue weighted by atomic mass is 32.2. The Morgan fingerprint density at radius 2 is 1.90 bits per heavy atom. The first-order valence-corrected chi connectivity index (χ1v) is 9.95. The van der Waals surface area contributed by atoms with Crippen molar-refractivity contribution in [2.45, 2.75) is 31.1 Å². The Morgan fingerprint density at radius 3 is 2.41 bits per heavy atom. The van der Waals surface area contributed by atoms with E-state index < -0.39 is 28.2 Å². The molecule has 0 aliphatic carbocycles. The van der Waals surface area contributed by atoms with E-state index >= 15 is 0 Å². The molecule has 1 unspecified atom stereocenters. The van der Waals surface area contributed by atoms with Gasteiger partial charge in [-0.05, 0) is 56.3 Å². The van der Waals surface area contributed by atoms with Crippen LogP contribution in [0.2, 0.25) is 0 Å². The Morgan fingerprint density at radius 1 is 1.21 bits per heavy atom. The lowest BCUT2D eigenvalue weighted by Crippen LogP contribution is -2.32. The number of nitrogens with one attached hydrogen (secondary N) is 1. The van der Waals surface area contributed by atoms with Crippen LogP contribution in [0.15, 0.2) is 58.0 Å². The van der Waals surface area contributed by atoms with E-state index in [1.165, 1.54) is 6.26 Å². The van der Waals surface area contributed by atoms with E-state index in [9.17, 15) is 21.6 Å². The maximum absolute atomic E-state index is 12.6. The van der Waals surface area contributed by atoms with Gasteiger partial charge in [-0.2, -0.15) is 5.10 Å². The van der Waals surface area contributed by atoms with E-state index in [0.717, 1.165) is 35.7 Å². The van der Waals surface area contributed by atoms with Crippen LogP contribution in [0.5, 0.6) is 5.75 Å². The first-order valence-electron chi connectivity index (χ1n) is 8.47. The maximum Gasteiger partial charge on any atom is 0.573 e. The van der Waals surface area contributed by atoms with Crippen molar-refractivity contribution in [3.63, 3.8) is 0 Å². The minimum Gasteiger partial charge on any atom is -0.467 e. The molecule has 3 aromatic rings. The fraction of sp³-hybridized carbons (Fsp3) is 0.278. The van der Waals surface area contributed by atoms with E-state index in [4.69, 9.17) is 4.42 Å². The molecule has 0 saturated carbocycles. The standard InChI is InChI=1S/C18H18F3N3O4S/c1-12-10-13(2)24(23-12)16(17-4-3-9-27-17)11-22-29(25,26)15-7-5-14(6-8-15)28-18(19,20)21/h3-10,16,22H,11H2,1-2H3. The summed E-state index contributed by atoms with van der Waals surface area (Å²) in [6.07, 6.45) is -3.38. The Kier molecular flexibility index (Phi) is 5.71. The van der Waals surface area contributed by atoms with Gasteiger partial charge in [0.1, 0.15) is 17.6 Å². The van der Waals surface area contributed by atoms with Crippen molar-refractivity contribution < 1.29 is 30.7 Å². The fourth-order valence-corrected chi connectivity index (χ4v) is 3.88. The van der Waals surface area contributed by atoms with Gasteiger partial charge in [-0.1, -0.05) is 0 Å². The van der Waals surface area contributed by atoms with Gasteiger partial charge in [0.15, 0.2) is 0 Å². The number of aryl methyl sites for hydroxylation is 2. The van der Waals surface area contributed by atoms with E-state index in [1.807, 2.05) is 19.9 Å². The van der Waals surface area contributed by atoms with Crippen molar-refractivity contribution in [2.75, 3.05) is 6.54 Å². The fourth-order valence-electron chi connectivity index (χ4n) is 2.84. The summed E-state index contributed by atoms with van der Waals surface area (Å²) < 4.78 is 75.2. The van der Waals surface area contributed by atoms with Gasteiger partial charge in [-0.25, -0.2) is 13.1 Å². The van der Waals surface area contributed by atoms with Gasteiger partial charge in [0.05, 0.1) is 16.9 Å². The molecule has 156 valence electrons. The highest BCUT2D eigenvalue weighted by Crippen LogP contribution is 2.25.